The summed E-state index contributed by atoms with van der Waals surface area (Å²) < 4.78 is 0. The van der Waals surface area contributed by atoms with Gasteiger partial charge in [-0.3, -0.25) is 20.8 Å². The predicted molar refractivity (Wildman–Crippen MR) is 47.2 cm³/mol. The van der Waals surface area contributed by atoms with Crippen LogP contribution in [0.15, 0.2) is 0 Å². The van der Waals surface area contributed by atoms with Gasteiger partial charge >= 0.3 is 0 Å². The van der Waals surface area contributed by atoms with E-state index in [0.717, 1.165) is 6.42 Å². The molecule has 5 N–H and O–H groups in total. The Hall–Kier alpha value is -0.360. The Morgan fingerprint density at radius 2 is 1.62 bits per heavy atom. The van der Waals surface area contributed by atoms with Crippen molar-refractivity contribution in [3.63, 3.8) is 0 Å². The average Bonchev–Trinajstić information content (AvgIpc) is 2.19. The molecule has 0 fully saturated rings. The van der Waals surface area contributed by atoms with Crippen LogP contribution < -0.4 is 0 Å². The summed E-state index contributed by atoms with van der Waals surface area (Å²) in [6, 6.07) is 0. The number of hydrogen-bond donors (Lipinski definition) is 5. The smallest absolute Gasteiger partial charge is 0.110 e. The van der Waals surface area contributed by atoms with Gasteiger partial charge in [0.05, 0.1) is 10.8 Å². The molecular formula is C7H18N2O7. The zero-order chi connectivity index (χ0) is 12.4. The first-order valence-corrected chi connectivity index (χ1v) is 4.82. The summed E-state index contributed by atoms with van der Waals surface area (Å²) in [5.41, 5.74) is 0. The zero-order valence-corrected chi connectivity index (χ0v) is 8.77. The van der Waals surface area contributed by atoms with Gasteiger partial charge in [-0.25, -0.2) is 9.68 Å². The van der Waals surface area contributed by atoms with Gasteiger partial charge in [-0.2, -0.15) is 0 Å². The lowest BCUT2D eigenvalue weighted by Crippen LogP contribution is -2.31. The Morgan fingerprint density at radius 1 is 0.938 bits per heavy atom. The van der Waals surface area contributed by atoms with E-state index < -0.39 is 16.9 Å². The average molecular weight is 242 g/mol. The van der Waals surface area contributed by atoms with Crippen LogP contribution in [0.25, 0.3) is 0 Å². The third-order valence-corrected chi connectivity index (χ3v) is 1.80. The molecule has 9 heteroatoms. The molecule has 1 unspecified atom stereocenters. The number of unbranched alkanes of at least 4 members (excludes halogenated alkanes) is 2. The van der Waals surface area contributed by atoms with Crippen molar-refractivity contribution in [1.29, 1.82) is 0 Å². The van der Waals surface area contributed by atoms with Crippen LogP contribution >= 0.6 is 0 Å². The standard InChI is InChI=1S/C7H18N2O7/c10-5-3-1-2-4-7(16-9(13)14)6-15-8(11)12/h7,10-14H,1-6H2. The summed E-state index contributed by atoms with van der Waals surface area (Å²) >= 11 is 0. The van der Waals surface area contributed by atoms with E-state index >= 15 is 0 Å². The lowest BCUT2D eigenvalue weighted by atomic mass is 10.1. The van der Waals surface area contributed by atoms with Crippen molar-refractivity contribution in [3.8, 4) is 0 Å². The molecule has 0 radical (unpaired) electrons. The van der Waals surface area contributed by atoms with Crippen LogP contribution in [0, 0.1) is 0 Å². The molecule has 0 aliphatic heterocycles. The highest BCUT2D eigenvalue weighted by molar-refractivity contribution is 4.55. The molecule has 0 aliphatic carbocycles. The number of nitrogens with zero attached hydrogens (tertiary/aromatic N) is 2. The summed E-state index contributed by atoms with van der Waals surface area (Å²) in [4.78, 5) is 8.77. The molecule has 0 aromatic heterocycles. The molecular weight excluding hydrogens is 224 g/mol. The Bertz CT molecular complexity index is 158. The summed E-state index contributed by atoms with van der Waals surface area (Å²) in [5.74, 6) is 0. The number of rotatable bonds is 10. The van der Waals surface area contributed by atoms with Gasteiger partial charge in [0.25, 0.3) is 0 Å². The highest BCUT2D eigenvalue weighted by atomic mass is 17.1. The maximum Gasteiger partial charge on any atom is 0.110 e. The fraction of sp³-hybridized carbons (Fsp3) is 1.00. The Morgan fingerprint density at radius 3 is 2.12 bits per heavy atom. The summed E-state index contributed by atoms with van der Waals surface area (Å²) in [7, 11) is 0. The summed E-state index contributed by atoms with van der Waals surface area (Å²) in [6.45, 7) is -0.168. The molecule has 0 rings (SSSR count). The maximum atomic E-state index is 8.54. The van der Waals surface area contributed by atoms with Crippen molar-refractivity contribution in [2.75, 3.05) is 13.2 Å². The van der Waals surface area contributed by atoms with Crippen LogP contribution in [0.5, 0.6) is 0 Å². The molecule has 0 aliphatic rings. The van der Waals surface area contributed by atoms with Crippen molar-refractivity contribution in [2.24, 2.45) is 0 Å². The van der Waals surface area contributed by atoms with Gasteiger partial charge in [-0.15, -0.1) is 0 Å². The van der Waals surface area contributed by atoms with Crippen molar-refractivity contribution in [3.05, 3.63) is 0 Å². The molecule has 16 heavy (non-hydrogen) atoms. The second-order valence-electron chi connectivity index (χ2n) is 3.10. The lowest BCUT2D eigenvalue weighted by molar-refractivity contribution is -0.527. The molecule has 0 saturated carbocycles. The van der Waals surface area contributed by atoms with Gasteiger partial charge in [-0.1, -0.05) is 12.8 Å². The first kappa shape index (κ1) is 15.6. The van der Waals surface area contributed by atoms with E-state index in [4.69, 9.17) is 25.9 Å². The quantitative estimate of drug-likeness (QED) is 0.264. The van der Waals surface area contributed by atoms with Crippen LogP contribution in [0.1, 0.15) is 25.7 Å². The van der Waals surface area contributed by atoms with Gasteiger partial charge in [0.1, 0.15) is 12.7 Å². The predicted octanol–water partition coefficient (Wildman–Crippen LogP) is -0.0683. The van der Waals surface area contributed by atoms with Crippen molar-refractivity contribution < 1.29 is 35.6 Å². The second kappa shape index (κ2) is 9.84. The first-order valence-electron chi connectivity index (χ1n) is 4.82. The van der Waals surface area contributed by atoms with E-state index in [-0.39, 0.29) is 13.2 Å². The highest BCUT2D eigenvalue weighted by Gasteiger charge is 2.14. The largest absolute Gasteiger partial charge is 0.396 e. The summed E-state index contributed by atoms with van der Waals surface area (Å²) in [5, 5.41) is 41.0. The van der Waals surface area contributed by atoms with Crippen LogP contribution in [0.2, 0.25) is 0 Å². The monoisotopic (exact) mass is 242 g/mol. The molecule has 9 nitrogen and oxygen atoms in total. The topological polar surface area (TPSA) is 126 Å². The molecule has 0 aromatic rings. The third kappa shape index (κ3) is 10.2. The van der Waals surface area contributed by atoms with Crippen molar-refractivity contribution in [2.45, 2.75) is 31.8 Å². The van der Waals surface area contributed by atoms with Crippen molar-refractivity contribution >= 4 is 0 Å². The van der Waals surface area contributed by atoms with Crippen LogP contribution in [0.3, 0.4) is 0 Å². The first-order chi connectivity index (χ1) is 7.56. The number of aliphatic hydroxyl groups excluding tert-OH is 1. The fourth-order valence-corrected chi connectivity index (χ4v) is 1.11. The Balaban J connectivity index is 3.72. The van der Waals surface area contributed by atoms with E-state index in [9.17, 15) is 0 Å². The molecule has 0 bridgehead atoms. The van der Waals surface area contributed by atoms with Gasteiger partial charge in [0, 0.05) is 6.61 Å². The minimum absolute atomic E-state index is 0.0925. The van der Waals surface area contributed by atoms with E-state index in [2.05, 4.69) is 9.68 Å². The van der Waals surface area contributed by atoms with E-state index in [1.807, 2.05) is 0 Å². The molecule has 0 heterocycles. The van der Waals surface area contributed by atoms with Gasteiger partial charge < -0.3 is 5.11 Å². The second-order valence-corrected chi connectivity index (χ2v) is 3.10. The molecule has 0 saturated heterocycles. The molecule has 98 valence electrons. The number of aliphatic hydroxyl groups is 1. The van der Waals surface area contributed by atoms with Gasteiger partial charge in [0.15, 0.2) is 0 Å². The highest BCUT2D eigenvalue weighted by Crippen LogP contribution is 2.08. The normalized spacial score (nSPS) is 13.7. The minimum atomic E-state index is -0.740. The Kier molecular flexibility index (Phi) is 9.62. The Labute approximate surface area is 92.4 Å². The van der Waals surface area contributed by atoms with Crippen LogP contribution in [-0.4, -0.2) is 56.0 Å². The summed E-state index contributed by atoms with van der Waals surface area (Å²) in [6.07, 6.45) is 1.72. The molecule has 0 aromatic carbocycles. The van der Waals surface area contributed by atoms with Gasteiger partial charge in [-0.05, 0) is 12.8 Å². The zero-order valence-electron chi connectivity index (χ0n) is 8.77. The lowest BCUT2D eigenvalue weighted by Gasteiger charge is -2.18. The SMILES string of the molecule is OCCCCCC(CON(O)O)ON(O)O. The van der Waals surface area contributed by atoms with E-state index in [0.29, 0.717) is 19.3 Å². The van der Waals surface area contributed by atoms with E-state index in [1.165, 1.54) is 0 Å². The maximum absolute atomic E-state index is 8.54. The fourth-order valence-electron chi connectivity index (χ4n) is 1.11. The molecule has 1 atom stereocenters. The minimum Gasteiger partial charge on any atom is -0.396 e. The van der Waals surface area contributed by atoms with Crippen molar-refractivity contribution in [1.82, 2.24) is 10.8 Å². The number of hydrogen-bond acceptors (Lipinski definition) is 9. The van der Waals surface area contributed by atoms with E-state index in [1.54, 1.807) is 0 Å². The van der Waals surface area contributed by atoms with Crippen LogP contribution in [0.4, 0.5) is 0 Å². The third-order valence-electron chi connectivity index (χ3n) is 1.80. The molecule has 0 spiro atoms. The molecule has 0 amide bonds. The van der Waals surface area contributed by atoms with Crippen LogP contribution in [-0.2, 0) is 9.68 Å². The van der Waals surface area contributed by atoms with Gasteiger partial charge in [0.2, 0.25) is 0 Å².